The maximum Gasteiger partial charge on any atom is 0.248 e. The van der Waals surface area contributed by atoms with Crippen LogP contribution >= 0.6 is 27.5 Å². The highest BCUT2D eigenvalue weighted by atomic mass is 79.9. The van der Waals surface area contributed by atoms with Gasteiger partial charge in [-0.15, -0.1) is 0 Å². The third kappa shape index (κ3) is 4.59. The van der Waals surface area contributed by atoms with Crippen molar-refractivity contribution in [1.29, 1.82) is 0 Å². The van der Waals surface area contributed by atoms with Crippen LogP contribution in [0.2, 0.25) is 5.02 Å². The van der Waals surface area contributed by atoms with Crippen LogP contribution in [0.15, 0.2) is 69.6 Å². The summed E-state index contributed by atoms with van der Waals surface area (Å²) in [5, 5.41) is 3.12. The Balaban J connectivity index is 1.67. The second-order valence-electron chi connectivity index (χ2n) is 5.16. The number of furan rings is 1. The molecule has 0 saturated carbocycles. The fourth-order valence-corrected chi connectivity index (χ4v) is 2.59. The Labute approximate surface area is 157 Å². The van der Waals surface area contributed by atoms with Crippen molar-refractivity contribution in [3.8, 4) is 11.3 Å². The van der Waals surface area contributed by atoms with E-state index in [1.807, 2.05) is 12.1 Å². The molecule has 1 heterocycles. The molecule has 0 radical (unpaired) electrons. The Hall–Kier alpha value is -2.37. The van der Waals surface area contributed by atoms with Gasteiger partial charge in [0.25, 0.3) is 0 Å². The van der Waals surface area contributed by atoms with Gasteiger partial charge in [-0.05, 0) is 60.7 Å². The Morgan fingerprint density at radius 3 is 2.60 bits per heavy atom. The molecule has 126 valence electrons. The van der Waals surface area contributed by atoms with Crippen molar-refractivity contribution >= 4 is 45.2 Å². The lowest BCUT2D eigenvalue weighted by atomic mass is 10.2. The van der Waals surface area contributed by atoms with Crippen LogP contribution in [0, 0.1) is 5.82 Å². The maximum absolute atomic E-state index is 13.7. The zero-order chi connectivity index (χ0) is 17.8. The van der Waals surface area contributed by atoms with Gasteiger partial charge in [-0.1, -0.05) is 27.5 Å². The molecule has 0 bridgehead atoms. The first-order valence-corrected chi connectivity index (χ1v) is 8.48. The van der Waals surface area contributed by atoms with Crippen molar-refractivity contribution in [3.05, 3.63) is 81.7 Å². The molecule has 0 spiro atoms. The first-order chi connectivity index (χ1) is 12.0. The smallest absolute Gasteiger partial charge is 0.248 e. The molecule has 0 aliphatic heterocycles. The van der Waals surface area contributed by atoms with Crippen LogP contribution in [0.5, 0.6) is 0 Å². The molecule has 0 aliphatic carbocycles. The van der Waals surface area contributed by atoms with Gasteiger partial charge in [0.1, 0.15) is 17.3 Å². The Bertz CT molecular complexity index is 935. The van der Waals surface area contributed by atoms with E-state index in [2.05, 4.69) is 21.2 Å². The summed E-state index contributed by atoms with van der Waals surface area (Å²) in [6.07, 6.45) is 2.80. The molecule has 1 amide bonds. The van der Waals surface area contributed by atoms with E-state index in [1.165, 1.54) is 24.3 Å². The summed E-state index contributed by atoms with van der Waals surface area (Å²) in [5.41, 5.74) is 0.990. The summed E-state index contributed by atoms with van der Waals surface area (Å²) in [6, 6.07) is 15.2. The zero-order valence-electron chi connectivity index (χ0n) is 12.8. The second kappa shape index (κ2) is 7.68. The molecule has 1 N–H and O–H groups in total. The standard InChI is InChI=1S/C19H12BrClFNO2/c20-13-3-8-17(16(22)11-13)23-19(24)10-7-15-6-9-18(25-15)12-1-4-14(21)5-2-12/h1-11H,(H,23,24). The number of rotatable bonds is 4. The van der Waals surface area contributed by atoms with Crippen LogP contribution in [0.3, 0.4) is 0 Å². The summed E-state index contributed by atoms with van der Waals surface area (Å²) in [6.45, 7) is 0. The van der Waals surface area contributed by atoms with E-state index in [4.69, 9.17) is 16.0 Å². The van der Waals surface area contributed by atoms with E-state index in [0.717, 1.165) is 5.56 Å². The highest BCUT2D eigenvalue weighted by Gasteiger charge is 2.06. The Morgan fingerprint density at radius 2 is 1.88 bits per heavy atom. The fourth-order valence-electron chi connectivity index (χ4n) is 2.13. The predicted molar refractivity (Wildman–Crippen MR) is 101 cm³/mol. The number of hydrogen-bond acceptors (Lipinski definition) is 2. The highest BCUT2D eigenvalue weighted by molar-refractivity contribution is 9.10. The molecule has 0 saturated heterocycles. The van der Waals surface area contributed by atoms with E-state index in [1.54, 1.807) is 30.3 Å². The monoisotopic (exact) mass is 419 g/mol. The molecule has 2 aromatic carbocycles. The van der Waals surface area contributed by atoms with Gasteiger partial charge < -0.3 is 9.73 Å². The molecule has 25 heavy (non-hydrogen) atoms. The SMILES string of the molecule is O=C(C=Cc1ccc(-c2ccc(Cl)cc2)o1)Nc1ccc(Br)cc1F. The van der Waals surface area contributed by atoms with Gasteiger partial charge in [0.05, 0.1) is 5.69 Å². The van der Waals surface area contributed by atoms with Gasteiger partial charge in [0, 0.05) is 21.1 Å². The van der Waals surface area contributed by atoms with Crippen molar-refractivity contribution < 1.29 is 13.6 Å². The predicted octanol–water partition coefficient (Wildman–Crippen LogP) is 6.15. The lowest BCUT2D eigenvalue weighted by molar-refractivity contribution is -0.111. The van der Waals surface area contributed by atoms with Gasteiger partial charge in [-0.25, -0.2) is 4.39 Å². The summed E-state index contributed by atoms with van der Waals surface area (Å²) in [5.74, 6) is 0.205. The third-order valence-corrected chi connectivity index (χ3v) is 4.09. The first kappa shape index (κ1) is 17.5. The topological polar surface area (TPSA) is 42.2 Å². The minimum absolute atomic E-state index is 0.110. The number of carbonyl (C=O) groups excluding carboxylic acids is 1. The summed E-state index contributed by atoms with van der Waals surface area (Å²) < 4.78 is 20.0. The average Bonchev–Trinajstić information content (AvgIpc) is 3.05. The first-order valence-electron chi connectivity index (χ1n) is 7.31. The molecule has 6 heteroatoms. The third-order valence-electron chi connectivity index (χ3n) is 3.34. The van der Waals surface area contributed by atoms with Crippen LogP contribution < -0.4 is 5.32 Å². The number of benzene rings is 2. The van der Waals surface area contributed by atoms with E-state index >= 15 is 0 Å². The lowest BCUT2D eigenvalue weighted by Gasteiger charge is -2.03. The van der Waals surface area contributed by atoms with Gasteiger partial charge in [0.2, 0.25) is 5.91 Å². The molecule has 0 aliphatic rings. The van der Waals surface area contributed by atoms with Gasteiger partial charge in [0.15, 0.2) is 0 Å². The molecular formula is C19H12BrClFNO2. The fraction of sp³-hybridized carbons (Fsp3) is 0. The van der Waals surface area contributed by atoms with Crippen LogP contribution in [0.4, 0.5) is 10.1 Å². The summed E-state index contributed by atoms with van der Waals surface area (Å²) in [4.78, 5) is 11.9. The largest absolute Gasteiger partial charge is 0.457 e. The lowest BCUT2D eigenvalue weighted by Crippen LogP contribution is -2.09. The average molecular weight is 421 g/mol. The summed E-state index contributed by atoms with van der Waals surface area (Å²) >= 11 is 9.02. The maximum atomic E-state index is 13.7. The van der Waals surface area contributed by atoms with Crippen LogP contribution in [0.25, 0.3) is 17.4 Å². The number of amides is 1. The van der Waals surface area contributed by atoms with Crippen molar-refractivity contribution in [2.24, 2.45) is 0 Å². The molecule has 0 unspecified atom stereocenters. The second-order valence-corrected chi connectivity index (χ2v) is 6.51. The van der Waals surface area contributed by atoms with Crippen LogP contribution in [-0.4, -0.2) is 5.91 Å². The number of carbonyl (C=O) groups is 1. The number of nitrogens with one attached hydrogen (secondary N) is 1. The molecule has 1 aromatic heterocycles. The van der Waals surface area contributed by atoms with Gasteiger partial charge in [-0.2, -0.15) is 0 Å². The number of halogens is 3. The van der Waals surface area contributed by atoms with Crippen molar-refractivity contribution in [3.63, 3.8) is 0 Å². The minimum Gasteiger partial charge on any atom is -0.457 e. The molecule has 0 fully saturated rings. The minimum atomic E-state index is -0.515. The normalized spacial score (nSPS) is 11.0. The molecule has 0 atom stereocenters. The summed E-state index contributed by atoms with van der Waals surface area (Å²) in [7, 11) is 0. The van der Waals surface area contributed by atoms with Crippen LogP contribution in [-0.2, 0) is 4.79 Å². The van der Waals surface area contributed by atoms with E-state index in [9.17, 15) is 9.18 Å². The van der Waals surface area contributed by atoms with Crippen molar-refractivity contribution in [2.75, 3.05) is 5.32 Å². The molecule has 3 rings (SSSR count). The Kier molecular flexibility index (Phi) is 5.36. The zero-order valence-corrected chi connectivity index (χ0v) is 15.1. The van der Waals surface area contributed by atoms with Gasteiger partial charge >= 0.3 is 0 Å². The van der Waals surface area contributed by atoms with E-state index in [-0.39, 0.29) is 5.69 Å². The Morgan fingerprint density at radius 1 is 1.12 bits per heavy atom. The van der Waals surface area contributed by atoms with Crippen molar-refractivity contribution in [2.45, 2.75) is 0 Å². The van der Waals surface area contributed by atoms with Gasteiger partial charge in [-0.3, -0.25) is 4.79 Å². The quantitative estimate of drug-likeness (QED) is 0.514. The molecule has 3 nitrogen and oxygen atoms in total. The number of anilines is 1. The molecule has 3 aromatic rings. The van der Waals surface area contributed by atoms with E-state index in [0.29, 0.717) is 21.0 Å². The van der Waals surface area contributed by atoms with Crippen LogP contribution in [0.1, 0.15) is 5.76 Å². The molecular weight excluding hydrogens is 409 g/mol. The van der Waals surface area contributed by atoms with Crippen molar-refractivity contribution in [1.82, 2.24) is 0 Å². The van der Waals surface area contributed by atoms with E-state index < -0.39 is 11.7 Å². The number of hydrogen-bond donors (Lipinski definition) is 1. The highest BCUT2D eigenvalue weighted by Crippen LogP contribution is 2.24.